The van der Waals surface area contributed by atoms with Crippen molar-refractivity contribution in [2.45, 2.75) is 19.8 Å². The number of carbonyl (C=O) groups excluding carboxylic acids is 1. The lowest BCUT2D eigenvalue weighted by molar-refractivity contribution is 0.0620. The summed E-state index contributed by atoms with van der Waals surface area (Å²) in [6.07, 6.45) is 5.35. The van der Waals surface area contributed by atoms with Crippen LogP contribution in [0, 0.1) is 12.8 Å². The van der Waals surface area contributed by atoms with Crippen LogP contribution in [0.15, 0.2) is 42.7 Å². The number of aliphatic hydroxyl groups excluding tert-OH is 1. The first-order valence-electron chi connectivity index (χ1n) is 8.09. The molecule has 1 N–H and O–H groups in total. The average Bonchev–Trinajstić information content (AvgIpc) is 2.62. The molecule has 3 rings (SSSR count). The average molecular weight is 310 g/mol. The molecule has 1 unspecified atom stereocenters. The van der Waals surface area contributed by atoms with E-state index in [0.717, 1.165) is 30.5 Å². The summed E-state index contributed by atoms with van der Waals surface area (Å²) in [6, 6.07) is 10.1. The van der Waals surface area contributed by atoms with Crippen molar-refractivity contribution in [1.82, 2.24) is 9.88 Å². The van der Waals surface area contributed by atoms with Gasteiger partial charge in [-0.3, -0.25) is 9.78 Å². The van der Waals surface area contributed by atoms with Gasteiger partial charge < -0.3 is 10.0 Å². The largest absolute Gasteiger partial charge is 0.396 e. The summed E-state index contributed by atoms with van der Waals surface area (Å²) >= 11 is 0. The number of nitrogens with zero attached hydrogens (tertiary/aromatic N) is 2. The Morgan fingerprint density at radius 1 is 1.26 bits per heavy atom. The summed E-state index contributed by atoms with van der Waals surface area (Å²) in [5.41, 5.74) is 3.83. The van der Waals surface area contributed by atoms with Gasteiger partial charge in [-0.1, -0.05) is 29.8 Å². The molecule has 0 saturated carbocycles. The molecule has 0 bridgehead atoms. The number of hydrogen-bond acceptors (Lipinski definition) is 3. The summed E-state index contributed by atoms with van der Waals surface area (Å²) < 4.78 is 0. The van der Waals surface area contributed by atoms with Gasteiger partial charge in [0.15, 0.2) is 0 Å². The number of rotatable bonds is 3. The molecule has 0 aliphatic carbocycles. The van der Waals surface area contributed by atoms with E-state index in [1.807, 2.05) is 23.1 Å². The van der Waals surface area contributed by atoms with E-state index in [2.05, 4.69) is 24.0 Å². The van der Waals surface area contributed by atoms with E-state index in [0.29, 0.717) is 12.1 Å². The van der Waals surface area contributed by atoms with Crippen LogP contribution in [0.1, 0.15) is 28.8 Å². The highest BCUT2D eigenvalue weighted by Crippen LogP contribution is 2.22. The summed E-state index contributed by atoms with van der Waals surface area (Å²) in [5.74, 6) is 0.200. The number of piperidine rings is 1. The number of hydrogen-bond donors (Lipinski definition) is 1. The molecule has 23 heavy (non-hydrogen) atoms. The second-order valence-corrected chi connectivity index (χ2v) is 6.27. The third kappa shape index (κ3) is 3.59. The Morgan fingerprint density at radius 2 is 2.04 bits per heavy atom. The van der Waals surface area contributed by atoms with Crippen molar-refractivity contribution >= 4 is 5.91 Å². The van der Waals surface area contributed by atoms with Crippen LogP contribution in [0.3, 0.4) is 0 Å². The lowest BCUT2D eigenvalue weighted by atomic mass is 9.98. The number of pyridine rings is 1. The van der Waals surface area contributed by atoms with Crippen LogP contribution < -0.4 is 0 Å². The zero-order valence-corrected chi connectivity index (χ0v) is 13.4. The van der Waals surface area contributed by atoms with E-state index < -0.39 is 0 Å². The molecule has 120 valence electrons. The topological polar surface area (TPSA) is 53.4 Å². The maximum Gasteiger partial charge on any atom is 0.255 e. The third-order valence-corrected chi connectivity index (χ3v) is 4.43. The first-order valence-corrected chi connectivity index (χ1v) is 8.09. The quantitative estimate of drug-likeness (QED) is 0.948. The molecule has 1 amide bonds. The van der Waals surface area contributed by atoms with E-state index in [4.69, 9.17) is 0 Å². The van der Waals surface area contributed by atoms with Crippen molar-refractivity contribution in [2.24, 2.45) is 5.92 Å². The Morgan fingerprint density at radius 3 is 2.78 bits per heavy atom. The fraction of sp³-hybridized carbons (Fsp3) is 0.368. The number of aryl methyl sites for hydroxylation is 1. The van der Waals surface area contributed by atoms with Gasteiger partial charge in [0.2, 0.25) is 0 Å². The zero-order valence-electron chi connectivity index (χ0n) is 13.4. The Kier molecular flexibility index (Phi) is 4.72. The van der Waals surface area contributed by atoms with Gasteiger partial charge in [-0.05, 0) is 37.3 Å². The van der Waals surface area contributed by atoms with E-state index in [1.54, 1.807) is 12.4 Å². The van der Waals surface area contributed by atoms with Crippen LogP contribution in [-0.4, -0.2) is 40.6 Å². The van der Waals surface area contributed by atoms with Gasteiger partial charge >= 0.3 is 0 Å². The van der Waals surface area contributed by atoms with Gasteiger partial charge in [-0.25, -0.2) is 0 Å². The molecule has 1 aliphatic rings. The number of carbonyl (C=O) groups is 1. The molecule has 1 atom stereocenters. The first-order chi connectivity index (χ1) is 11.2. The van der Waals surface area contributed by atoms with Gasteiger partial charge in [0, 0.05) is 37.7 Å². The van der Waals surface area contributed by atoms with Crippen molar-refractivity contribution < 1.29 is 9.90 Å². The Balaban J connectivity index is 1.81. The number of aliphatic hydroxyl groups is 1. The van der Waals surface area contributed by atoms with Gasteiger partial charge in [-0.15, -0.1) is 0 Å². The lowest BCUT2D eigenvalue weighted by Gasteiger charge is -2.31. The second-order valence-electron chi connectivity index (χ2n) is 6.27. The van der Waals surface area contributed by atoms with E-state index >= 15 is 0 Å². The molecule has 2 heterocycles. The van der Waals surface area contributed by atoms with Crippen LogP contribution in [-0.2, 0) is 0 Å². The standard InChI is InChI=1S/C19H22N2O2/c1-14-4-6-16(7-5-14)17-9-18(11-20-10-17)19(23)21-8-2-3-15(12-21)13-22/h4-7,9-11,15,22H,2-3,8,12-13H2,1H3. The maximum absolute atomic E-state index is 12.7. The van der Waals surface area contributed by atoms with Crippen LogP contribution in [0.2, 0.25) is 0 Å². The molecular formula is C19H22N2O2. The summed E-state index contributed by atoms with van der Waals surface area (Å²) in [4.78, 5) is 18.8. The highest BCUT2D eigenvalue weighted by Gasteiger charge is 2.24. The Bertz CT molecular complexity index is 682. The summed E-state index contributed by atoms with van der Waals surface area (Å²) in [6.45, 7) is 3.58. The van der Waals surface area contributed by atoms with Gasteiger partial charge in [-0.2, -0.15) is 0 Å². The summed E-state index contributed by atoms with van der Waals surface area (Å²) in [5, 5.41) is 9.33. The number of amides is 1. The first kappa shape index (κ1) is 15.7. The van der Waals surface area contributed by atoms with Crippen molar-refractivity contribution in [3.05, 3.63) is 53.9 Å². The molecule has 1 aliphatic heterocycles. The minimum atomic E-state index is 0.00427. The minimum Gasteiger partial charge on any atom is -0.396 e. The lowest BCUT2D eigenvalue weighted by Crippen LogP contribution is -2.41. The highest BCUT2D eigenvalue weighted by molar-refractivity contribution is 5.95. The Labute approximate surface area is 136 Å². The maximum atomic E-state index is 12.7. The molecule has 4 heteroatoms. The van der Waals surface area contributed by atoms with Crippen LogP contribution in [0.25, 0.3) is 11.1 Å². The molecule has 1 fully saturated rings. The molecular weight excluding hydrogens is 288 g/mol. The zero-order chi connectivity index (χ0) is 16.2. The van der Waals surface area contributed by atoms with Crippen LogP contribution >= 0.6 is 0 Å². The van der Waals surface area contributed by atoms with E-state index in [9.17, 15) is 9.90 Å². The fourth-order valence-corrected chi connectivity index (χ4v) is 3.04. The molecule has 4 nitrogen and oxygen atoms in total. The van der Waals surface area contributed by atoms with Crippen molar-refractivity contribution in [3.8, 4) is 11.1 Å². The number of aromatic nitrogens is 1. The highest BCUT2D eigenvalue weighted by atomic mass is 16.3. The monoisotopic (exact) mass is 310 g/mol. The van der Waals surface area contributed by atoms with E-state index in [-0.39, 0.29) is 18.4 Å². The van der Waals surface area contributed by atoms with Crippen LogP contribution in [0.5, 0.6) is 0 Å². The SMILES string of the molecule is Cc1ccc(-c2cncc(C(=O)N3CCCC(CO)C3)c2)cc1. The van der Waals surface area contributed by atoms with Crippen LogP contribution in [0.4, 0.5) is 0 Å². The predicted molar refractivity (Wildman–Crippen MR) is 90.1 cm³/mol. The second kappa shape index (κ2) is 6.92. The van der Waals surface area contributed by atoms with Crippen molar-refractivity contribution in [1.29, 1.82) is 0 Å². The fourth-order valence-electron chi connectivity index (χ4n) is 3.04. The number of benzene rings is 1. The molecule has 0 spiro atoms. The van der Waals surface area contributed by atoms with Gasteiger partial charge in [0.05, 0.1) is 5.56 Å². The molecule has 1 aromatic carbocycles. The smallest absolute Gasteiger partial charge is 0.255 e. The molecule has 2 aromatic rings. The Hall–Kier alpha value is -2.20. The van der Waals surface area contributed by atoms with Crippen molar-refractivity contribution in [2.75, 3.05) is 19.7 Å². The number of likely N-dealkylation sites (tertiary alicyclic amines) is 1. The molecule has 0 radical (unpaired) electrons. The molecule has 1 saturated heterocycles. The van der Waals surface area contributed by atoms with Gasteiger partial charge in [0.1, 0.15) is 0 Å². The summed E-state index contributed by atoms with van der Waals surface area (Å²) in [7, 11) is 0. The minimum absolute atomic E-state index is 0.00427. The van der Waals surface area contributed by atoms with Gasteiger partial charge in [0.25, 0.3) is 5.91 Å². The third-order valence-electron chi connectivity index (χ3n) is 4.43. The van der Waals surface area contributed by atoms with Crippen molar-refractivity contribution in [3.63, 3.8) is 0 Å². The van der Waals surface area contributed by atoms with E-state index in [1.165, 1.54) is 5.56 Å². The predicted octanol–water partition coefficient (Wildman–Crippen LogP) is 2.90. The normalized spacial score (nSPS) is 18.0. The molecule has 1 aromatic heterocycles.